The highest BCUT2D eigenvalue weighted by molar-refractivity contribution is 7.18. The number of nitrogens with zero attached hydrogens (tertiary/aromatic N) is 1. The van der Waals surface area contributed by atoms with Crippen molar-refractivity contribution >= 4 is 27.5 Å². The number of aromatic amines is 1. The molecule has 0 amide bonds. The lowest BCUT2D eigenvalue weighted by atomic mass is 9.94. The molecule has 0 radical (unpaired) electrons. The molecule has 80 valence electrons. The van der Waals surface area contributed by atoms with Gasteiger partial charge in [0.2, 0.25) is 5.95 Å². The zero-order chi connectivity index (χ0) is 11.2. The lowest BCUT2D eigenvalue weighted by molar-refractivity contribution is 0.604. The second-order valence-corrected chi connectivity index (χ2v) is 5.56. The van der Waals surface area contributed by atoms with Gasteiger partial charge in [-0.3, -0.25) is 9.78 Å². The van der Waals surface area contributed by atoms with Crippen molar-refractivity contribution in [1.29, 1.82) is 0 Å². The first-order valence-corrected chi connectivity index (χ1v) is 5.49. The summed E-state index contributed by atoms with van der Waals surface area (Å²) in [5.74, 6) is 0.176. The van der Waals surface area contributed by atoms with E-state index < -0.39 is 0 Å². The highest BCUT2D eigenvalue weighted by Gasteiger charge is 2.18. The van der Waals surface area contributed by atoms with Gasteiger partial charge in [-0.25, -0.2) is 4.98 Å². The Kier molecular flexibility index (Phi) is 2.08. The molecule has 0 fully saturated rings. The third-order valence-electron chi connectivity index (χ3n) is 2.16. The quantitative estimate of drug-likeness (QED) is 0.716. The van der Waals surface area contributed by atoms with Crippen molar-refractivity contribution < 1.29 is 0 Å². The van der Waals surface area contributed by atoms with Gasteiger partial charge >= 0.3 is 0 Å². The van der Waals surface area contributed by atoms with E-state index in [1.54, 1.807) is 0 Å². The van der Waals surface area contributed by atoms with Crippen LogP contribution in [-0.2, 0) is 5.41 Å². The maximum absolute atomic E-state index is 11.6. The number of thiophene rings is 1. The topological polar surface area (TPSA) is 71.8 Å². The number of hydrogen-bond acceptors (Lipinski definition) is 4. The van der Waals surface area contributed by atoms with Crippen molar-refractivity contribution in [3.8, 4) is 0 Å². The van der Waals surface area contributed by atoms with Gasteiger partial charge in [0.15, 0.2) is 0 Å². The standard InChI is InChI=1S/C10H13N3OS/c1-10(2,3)6-4-5-7(14)12-9(11)13-8(5)15-6/h4H,1-3H3,(H3,11,12,13,14). The molecule has 0 saturated carbocycles. The first kappa shape index (κ1) is 10.2. The first-order valence-electron chi connectivity index (χ1n) is 4.68. The van der Waals surface area contributed by atoms with Gasteiger partial charge in [0.1, 0.15) is 4.83 Å². The molecular formula is C10H13N3OS. The molecule has 2 rings (SSSR count). The minimum Gasteiger partial charge on any atom is -0.369 e. The van der Waals surface area contributed by atoms with Gasteiger partial charge in [0.25, 0.3) is 5.56 Å². The molecule has 0 saturated heterocycles. The zero-order valence-corrected chi connectivity index (χ0v) is 9.73. The van der Waals surface area contributed by atoms with E-state index in [1.807, 2.05) is 6.07 Å². The molecule has 0 atom stereocenters. The predicted octanol–water partition coefficient (Wildman–Crippen LogP) is 1.86. The van der Waals surface area contributed by atoms with E-state index >= 15 is 0 Å². The van der Waals surface area contributed by atoms with Crippen LogP contribution in [0.1, 0.15) is 25.6 Å². The normalized spacial score (nSPS) is 12.2. The number of nitrogens with two attached hydrogens (primary N) is 1. The van der Waals surface area contributed by atoms with E-state index in [2.05, 4.69) is 30.7 Å². The fraction of sp³-hybridized carbons (Fsp3) is 0.400. The molecule has 0 aliphatic heterocycles. The Hall–Kier alpha value is -1.36. The van der Waals surface area contributed by atoms with Gasteiger partial charge in [0.05, 0.1) is 5.39 Å². The van der Waals surface area contributed by atoms with Crippen LogP contribution in [0, 0.1) is 0 Å². The number of H-pyrrole nitrogens is 1. The molecule has 0 spiro atoms. The number of rotatable bonds is 0. The second kappa shape index (κ2) is 3.06. The molecule has 5 heteroatoms. The van der Waals surface area contributed by atoms with Crippen LogP contribution in [0.5, 0.6) is 0 Å². The Morgan fingerprint density at radius 3 is 2.73 bits per heavy atom. The molecule has 15 heavy (non-hydrogen) atoms. The van der Waals surface area contributed by atoms with Crippen LogP contribution in [0.15, 0.2) is 10.9 Å². The number of hydrogen-bond donors (Lipinski definition) is 2. The number of anilines is 1. The SMILES string of the molecule is CC(C)(C)c1cc2c(=O)[nH]c(N)nc2s1. The number of aromatic nitrogens is 2. The molecule has 0 aliphatic rings. The summed E-state index contributed by atoms with van der Waals surface area (Å²) in [5.41, 5.74) is 5.35. The molecular weight excluding hydrogens is 210 g/mol. The smallest absolute Gasteiger partial charge is 0.261 e. The Morgan fingerprint density at radius 2 is 2.13 bits per heavy atom. The third kappa shape index (κ3) is 1.74. The van der Waals surface area contributed by atoms with Gasteiger partial charge in [-0.15, -0.1) is 11.3 Å². The molecule has 2 aromatic rings. The van der Waals surface area contributed by atoms with Crippen LogP contribution in [-0.4, -0.2) is 9.97 Å². The van der Waals surface area contributed by atoms with E-state index in [1.165, 1.54) is 11.3 Å². The van der Waals surface area contributed by atoms with Crippen molar-refractivity contribution in [2.75, 3.05) is 5.73 Å². The Morgan fingerprint density at radius 1 is 1.47 bits per heavy atom. The van der Waals surface area contributed by atoms with Crippen molar-refractivity contribution in [1.82, 2.24) is 9.97 Å². The summed E-state index contributed by atoms with van der Waals surface area (Å²) in [6, 6.07) is 1.89. The van der Waals surface area contributed by atoms with E-state index in [9.17, 15) is 4.79 Å². The zero-order valence-electron chi connectivity index (χ0n) is 8.92. The number of nitrogen functional groups attached to an aromatic ring is 1. The van der Waals surface area contributed by atoms with E-state index in [0.29, 0.717) is 10.2 Å². The Labute approximate surface area is 91.2 Å². The summed E-state index contributed by atoms with van der Waals surface area (Å²) in [7, 11) is 0. The lowest BCUT2D eigenvalue weighted by Crippen LogP contribution is -2.10. The monoisotopic (exact) mass is 223 g/mol. The fourth-order valence-electron chi connectivity index (χ4n) is 1.32. The highest BCUT2D eigenvalue weighted by atomic mass is 32.1. The van der Waals surface area contributed by atoms with E-state index in [-0.39, 0.29) is 16.9 Å². The third-order valence-corrected chi connectivity index (χ3v) is 3.61. The maximum Gasteiger partial charge on any atom is 0.261 e. The van der Waals surface area contributed by atoms with Crippen molar-refractivity contribution in [3.63, 3.8) is 0 Å². The molecule has 2 heterocycles. The molecule has 0 aromatic carbocycles. The molecule has 0 bridgehead atoms. The van der Waals surface area contributed by atoms with Crippen LogP contribution in [0.4, 0.5) is 5.95 Å². The van der Waals surface area contributed by atoms with Crippen LogP contribution >= 0.6 is 11.3 Å². The summed E-state index contributed by atoms with van der Waals surface area (Å²) >= 11 is 1.52. The lowest BCUT2D eigenvalue weighted by Gasteiger charge is -2.14. The molecule has 2 aromatic heterocycles. The van der Waals surface area contributed by atoms with Gasteiger partial charge in [0, 0.05) is 4.88 Å². The highest BCUT2D eigenvalue weighted by Crippen LogP contribution is 2.31. The van der Waals surface area contributed by atoms with Crippen LogP contribution in [0.25, 0.3) is 10.2 Å². The summed E-state index contributed by atoms with van der Waals surface area (Å²) < 4.78 is 0. The van der Waals surface area contributed by atoms with Crippen LogP contribution < -0.4 is 11.3 Å². The molecule has 0 unspecified atom stereocenters. The summed E-state index contributed by atoms with van der Waals surface area (Å²) in [5, 5.41) is 0.624. The minimum atomic E-state index is -0.163. The molecule has 4 nitrogen and oxygen atoms in total. The fourth-order valence-corrected chi connectivity index (χ4v) is 2.41. The summed E-state index contributed by atoms with van der Waals surface area (Å²) in [6.45, 7) is 6.32. The molecule has 3 N–H and O–H groups in total. The Bertz CT molecular complexity index is 562. The predicted molar refractivity (Wildman–Crippen MR) is 63.4 cm³/mol. The van der Waals surface area contributed by atoms with Crippen molar-refractivity contribution in [2.24, 2.45) is 0 Å². The van der Waals surface area contributed by atoms with Gasteiger partial charge in [-0.05, 0) is 11.5 Å². The Balaban J connectivity index is 2.77. The first-order chi connectivity index (χ1) is 6.88. The maximum atomic E-state index is 11.6. The summed E-state index contributed by atoms with van der Waals surface area (Å²) in [6.07, 6.45) is 0. The van der Waals surface area contributed by atoms with E-state index in [0.717, 1.165) is 4.88 Å². The largest absolute Gasteiger partial charge is 0.369 e. The van der Waals surface area contributed by atoms with Crippen molar-refractivity contribution in [2.45, 2.75) is 26.2 Å². The van der Waals surface area contributed by atoms with Crippen molar-refractivity contribution in [3.05, 3.63) is 21.3 Å². The second-order valence-electron chi connectivity index (χ2n) is 4.53. The van der Waals surface area contributed by atoms with Crippen LogP contribution in [0.2, 0.25) is 0 Å². The summed E-state index contributed by atoms with van der Waals surface area (Å²) in [4.78, 5) is 20.0. The van der Waals surface area contributed by atoms with Gasteiger partial charge in [-0.1, -0.05) is 20.8 Å². The molecule has 0 aliphatic carbocycles. The van der Waals surface area contributed by atoms with Gasteiger partial charge in [-0.2, -0.15) is 0 Å². The minimum absolute atomic E-state index is 0.0343. The average Bonchev–Trinajstić information content (AvgIpc) is 2.46. The number of nitrogens with one attached hydrogen (secondary N) is 1. The van der Waals surface area contributed by atoms with Crippen LogP contribution in [0.3, 0.4) is 0 Å². The van der Waals surface area contributed by atoms with E-state index in [4.69, 9.17) is 5.73 Å². The number of fused-ring (bicyclic) bond motifs is 1. The van der Waals surface area contributed by atoms with Gasteiger partial charge < -0.3 is 5.73 Å². The average molecular weight is 223 g/mol.